The minimum atomic E-state index is -0.967. The monoisotopic (exact) mass is 308 g/mol. The lowest BCUT2D eigenvalue weighted by Crippen LogP contribution is -2.41. The van der Waals surface area contributed by atoms with Gasteiger partial charge in [-0.15, -0.1) is 0 Å². The number of carbonyl (C=O) groups excluding carboxylic acids is 2. The van der Waals surface area contributed by atoms with E-state index < -0.39 is 16.5 Å². The first-order valence-corrected chi connectivity index (χ1v) is 6.46. The van der Waals surface area contributed by atoms with Gasteiger partial charge in [-0.2, -0.15) is 0 Å². The van der Waals surface area contributed by atoms with Gasteiger partial charge in [-0.1, -0.05) is 0 Å². The van der Waals surface area contributed by atoms with Crippen molar-refractivity contribution in [2.45, 2.75) is 19.4 Å². The van der Waals surface area contributed by atoms with Crippen LogP contribution in [0.25, 0.3) is 0 Å². The summed E-state index contributed by atoms with van der Waals surface area (Å²) in [4.78, 5) is 35.1. The van der Waals surface area contributed by atoms with Crippen LogP contribution in [0.15, 0.2) is 18.2 Å². The van der Waals surface area contributed by atoms with Gasteiger partial charge in [0.25, 0.3) is 11.6 Å². The van der Waals surface area contributed by atoms with Gasteiger partial charge in [-0.3, -0.25) is 14.9 Å². The van der Waals surface area contributed by atoms with Crippen LogP contribution in [0, 0.1) is 10.1 Å². The molecule has 3 amide bonds. The maximum Gasteiger partial charge on any atom is 0.326 e. The van der Waals surface area contributed by atoms with Crippen molar-refractivity contribution >= 4 is 23.3 Å². The first-order chi connectivity index (χ1) is 10.3. The number of amides is 3. The van der Waals surface area contributed by atoms with Crippen LogP contribution in [0.4, 0.5) is 16.2 Å². The number of anilines is 1. The second kappa shape index (κ2) is 5.51. The predicted octanol–water partition coefficient (Wildman–Crippen LogP) is 1.30. The standard InChI is InChI=1S/C13H16N4O5/c1-13(2)11(18)16(12(19)15-13)7-14-9-6-8(17(20)21)4-5-10(9)22-3/h4-6,14H,7H2,1-3H3,(H,15,19). The van der Waals surface area contributed by atoms with E-state index in [1.165, 1.54) is 25.3 Å². The van der Waals surface area contributed by atoms with Crippen molar-refractivity contribution in [2.75, 3.05) is 19.1 Å². The second-order valence-corrected chi connectivity index (χ2v) is 5.26. The predicted molar refractivity (Wildman–Crippen MR) is 77.6 cm³/mol. The highest BCUT2D eigenvalue weighted by Crippen LogP contribution is 2.29. The molecule has 0 bridgehead atoms. The zero-order valence-corrected chi connectivity index (χ0v) is 12.4. The summed E-state index contributed by atoms with van der Waals surface area (Å²) in [5, 5.41) is 16.2. The third-order valence-electron chi connectivity index (χ3n) is 3.27. The maximum atomic E-state index is 12.1. The average molecular weight is 308 g/mol. The van der Waals surface area contributed by atoms with Crippen molar-refractivity contribution in [3.63, 3.8) is 0 Å². The number of urea groups is 1. The Hall–Kier alpha value is -2.84. The molecule has 1 aromatic carbocycles. The van der Waals surface area contributed by atoms with E-state index in [0.29, 0.717) is 11.4 Å². The van der Waals surface area contributed by atoms with E-state index in [1.807, 2.05) is 0 Å². The topological polar surface area (TPSA) is 114 Å². The highest BCUT2D eigenvalue weighted by Gasteiger charge is 2.44. The molecule has 1 fully saturated rings. The molecule has 9 heteroatoms. The molecule has 2 N–H and O–H groups in total. The minimum absolute atomic E-state index is 0.119. The van der Waals surface area contributed by atoms with Gasteiger partial charge >= 0.3 is 6.03 Å². The van der Waals surface area contributed by atoms with Crippen molar-refractivity contribution < 1.29 is 19.2 Å². The molecule has 1 saturated heterocycles. The van der Waals surface area contributed by atoms with Gasteiger partial charge in [-0.25, -0.2) is 9.69 Å². The summed E-state index contributed by atoms with van der Waals surface area (Å²) in [6, 6.07) is 3.51. The van der Waals surface area contributed by atoms with E-state index in [-0.39, 0.29) is 18.3 Å². The van der Waals surface area contributed by atoms with E-state index in [9.17, 15) is 19.7 Å². The quantitative estimate of drug-likeness (QED) is 0.481. The number of non-ortho nitro benzene ring substituents is 1. The zero-order chi connectivity index (χ0) is 16.5. The number of carbonyl (C=O) groups is 2. The molecule has 0 atom stereocenters. The Labute approximate surface area is 126 Å². The minimum Gasteiger partial charge on any atom is -0.495 e. The normalized spacial score (nSPS) is 16.4. The number of methoxy groups -OCH3 is 1. The lowest BCUT2D eigenvalue weighted by Gasteiger charge is -2.18. The summed E-state index contributed by atoms with van der Waals surface area (Å²) >= 11 is 0. The number of nitrogens with zero attached hydrogens (tertiary/aromatic N) is 2. The largest absolute Gasteiger partial charge is 0.495 e. The van der Waals surface area contributed by atoms with E-state index in [2.05, 4.69) is 10.6 Å². The number of nitro groups is 1. The Morgan fingerprint density at radius 2 is 2.09 bits per heavy atom. The summed E-state index contributed by atoms with van der Waals surface area (Å²) in [6.45, 7) is 3.08. The Balaban J connectivity index is 2.18. The van der Waals surface area contributed by atoms with Crippen LogP contribution in [0.3, 0.4) is 0 Å². The number of imide groups is 1. The fourth-order valence-corrected chi connectivity index (χ4v) is 2.07. The lowest BCUT2D eigenvalue weighted by molar-refractivity contribution is -0.384. The van der Waals surface area contributed by atoms with Crippen molar-refractivity contribution in [3.8, 4) is 5.75 Å². The Bertz CT molecular complexity index is 643. The third-order valence-corrected chi connectivity index (χ3v) is 3.27. The van der Waals surface area contributed by atoms with Gasteiger partial charge in [0.2, 0.25) is 0 Å². The molecule has 0 saturated carbocycles. The fourth-order valence-electron chi connectivity index (χ4n) is 2.07. The van der Waals surface area contributed by atoms with E-state index >= 15 is 0 Å². The molecule has 0 aliphatic carbocycles. The van der Waals surface area contributed by atoms with Crippen LogP contribution in [-0.2, 0) is 4.79 Å². The molecule has 0 spiro atoms. The van der Waals surface area contributed by atoms with Gasteiger partial charge in [-0.05, 0) is 19.9 Å². The summed E-state index contributed by atoms with van der Waals surface area (Å²) in [5.41, 5.74) is -0.770. The summed E-state index contributed by atoms with van der Waals surface area (Å²) in [6.07, 6.45) is 0. The van der Waals surface area contributed by atoms with Gasteiger partial charge in [0, 0.05) is 12.1 Å². The molecule has 118 valence electrons. The Morgan fingerprint density at radius 1 is 1.41 bits per heavy atom. The first kappa shape index (κ1) is 15.5. The molecule has 2 rings (SSSR count). The van der Waals surface area contributed by atoms with Gasteiger partial charge in [0.05, 0.1) is 17.7 Å². The molecule has 1 aliphatic heterocycles. The smallest absolute Gasteiger partial charge is 0.326 e. The average Bonchev–Trinajstić information content (AvgIpc) is 2.65. The van der Waals surface area contributed by atoms with Crippen LogP contribution in [0.5, 0.6) is 5.75 Å². The maximum absolute atomic E-state index is 12.1. The molecule has 1 heterocycles. The number of hydrogen-bond acceptors (Lipinski definition) is 6. The van der Waals surface area contributed by atoms with Gasteiger partial charge < -0.3 is 15.4 Å². The third kappa shape index (κ3) is 2.78. The SMILES string of the molecule is COc1ccc([N+](=O)[O-])cc1NCN1C(=O)NC(C)(C)C1=O. The van der Waals surface area contributed by atoms with Crippen LogP contribution >= 0.6 is 0 Å². The van der Waals surface area contributed by atoms with Gasteiger partial charge in [0.1, 0.15) is 18.0 Å². The number of hydrogen-bond donors (Lipinski definition) is 2. The fraction of sp³-hybridized carbons (Fsp3) is 0.385. The van der Waals surface area contributed by atoms with Crippen molar-refractivity contribution in [1.29, 1.82) is 0 Å². The van der Waals surface area contributed by atoms with Crippen molar-refractivity contribution in [2.24, 2.45) is 0 Å². The molecule has 1 aliphatic rings. The number of nitrogens with one attached hydrogen (secondary N) is 2. The highest BCUT2D eigenvalue weighted by atomic mass is 16.6. The number of benzene rings is 1. The van der Waals surface area contributed by atoms with Crippen LogP contribution in [0.2, 0.25) is 0 Å². The van der Waals surface area contributed by atoms with E-state index in [0.717, 1.165) is 4.90 Å². The number of rotatable bonds is 5. The van der Waals surface area contributed by atoms with Crippen LogP contribution in [-0.4, -0.2) is 41.1 Å². The zero-order valence-electron chi connectivity index (χ0n) is 12.4. The van der Waals surface area contributed by atoms with E-state index in [4.69, 9.17) is 4.74 Å². The van der Waals surface area contributed by atoms with Crippen LogP contribution in [0.1, 0.15) is 13.8 Å². The number of nitro benzene ring substituents is 1. The number of ether oxygens (including phenoxy) is 1. The van der Waals surface area contributed by atoms with Crippen molar-refractivity contribution in [1.82, 2.24) is 10.2 Å². The highest BCUT2D eigenvalue weighted by molar-refractivity contribution is 6.06. The summed E-state index contributed by atoms with van der Waals surface area (Å²) in [5.74, 6) is -0.00804. The van der Waals surface area contributed by atoms with Gasteiger partial charge in [0.15, 0.2) is 0 Å². The Morgan fingerprint density at radius 3 is 2.59 bits per heavy atom. The molecular weight excluding hydrogens is 292 g/mol. The molecule has 9 nitrogen and oxygen atoms in total. The molecule has 0 radical (unpaired) electrons. The second-order valence-electron chi connectivity index (χ2n) is 5.26. The van der Waals surface area contributed by atoms with Crippen LogP contribution < -0.4 is 15.4 Å². The summed E-state index contributed by atoms with van der Waals surface area (Å²) in [7, 11) is 1.42. The molecule has 1 aromatic rings. The van der Waals surface area contributed by atoms with Crippen molar-refractivity contribution in [3.05, 3.63) is 28.3 Å². The molecule has 0 unspecified atom stereocenters. The molecular formula is C13H16N4O5. The first-order valence-electron chi connectivity index (χ1n) is 6.46. The lowest BCUT2D eigenvalue weighted by atomic mass is 10.1. The molecule has 0 aromatic heterocycles. The summed E-state index contributed by atoms with van der Waals surface area (Å²) < 4.78 is 5.10. The molecule has 22 heavy (non-hydrogen) atoms. The Kier molecular flexibility index (Phi) is 3.89. The van der Waals surface area contributed by atoms with E-state index in [1.54, 1.807) is 13.8 Å².